The van der Waals surface area contributed by atoms with Gasteiger partial charge in [0.1, 0.15) is 11.3 Å². The molecule has 0 radical (unpaired) electrons. The molecule has 2 aromatic rings. The van der Waals surface area contributed by atoms with E-state index in [1.807, 2.05) is 6.07 Å². The number of carboxylic acid groups (broad SMARTS) is 1. The van der Waals surface area contributed by atoms with Crippen molar-refractivity contribution in [3.63, 3.8) is 0 Å². The second-order valence-electron chi connectivity index (χ2n) is 5.51. The highest BCUT2D eigenvalue weighted by Crippen LogP contribution is 2.30. The second-order valence-corrected chi connectivity index (χ2v) is 6.37. The van der Waals surface area contributed by atoms with Gasteiger partial charge in [-0.3, -0.25) is 0 Å². The van der Waals surface area contributed by atoms with Gasteiger partial charge in [-0.2, -0.15) is 19.6 Å². The number of hydrogen-bond acceptors (Lipinski definition) is 5. The summed E-state index contributed by atoms with van der Waals surface area (Å²) in [5, 5.41) is 18.5. The lowest BCUT2D eigenvalue weighted by molar-refractivity contribution is 0.119. The summed E-state index contributed by atoms with van der Waals surface area (Å²) in [6, 6.07) is 4.42. The zero-order valence-corrected chi connectivity index (χ0v) is 14.4. The number of amides is 1. The molecule has 1 N–H and O–H groups in total. The van der Waals surface area contributed by atoms with Gasteiger partial charge in [0.2, 0.25) is 0 Å². The zero-order chi connectivity index (χ0) is 18.1. The lowest BCUT2D eigenvalue weighted by Crippen LogP contribution is -2.55. The maximum Gasteiger partial charge on any atom is 0.407 e. The van der Waals surface area contributed by atoms with E-state index in [0.29, 0.717) is 5.39 Å². The Labute approximate surface area is 149 Å². The van der Waals surface area contributed by atoms with E-state index >= 15 is 0 Å². The third kappa shape index (κ3) is 3.19. The molecular weight excluding hydrogens is 400 g/mol. The van der Waals surface area contributed by atoms with Crippen LogP contribution in [-0.4, -0.2) is 51.7 Å². The molecule has 0 bridgehead atoms. The Balaban J connectivity index is 2.03. The fourth-order valence-corrected chi connectivity index (χ4v) is 3.24. The summed E-state index contributed by atoms with van der Waals surface area (Å²) in [7, 11) is 0. The molecule has 25 heavy (non-hydrogen) atoms. The number of fused-ring (bicyclic) bond motifs is 1. The van der Waals surface area contributed by atoms with Crippen molar-refractivity contribution in [1.82, 2.24) is 14.9 Å². The van der Waals surface area contributed by atoms with E-state index in [0.717, 1.165) is 0 Å². The summed E-state index contributed by atoms with van der Waals surface area (Å²) in [6.07, 6.45) is -2.20. The Bertz CT molecular complexity index is 888. The normalized spacial score (nSPS) is 17.6. The Hall–Kier alpha value is -2.54. The zero-order valence-electron chi connectivity index (χ0n) is 12.8. The standard InChI is InChI=1S/C15H12BrF2N5O2/c16-10-2-1-9-12(11(10)17)20-14(18)21-13(9)22-5-6-23(15(24)25)8(7-22)3-4-19/h1-2,8H,3,5-7H2,(H,24,25)/t8-/m0/s1. The molecule has 0 spiro atoms. The first-order valence-electron chi connectivity index (χ1n) is 7.35. The monoisotopic (exact) mass is 411 g/mol. The van der Waals surface area contributed by atoms with Crippen LogP contribution in [0.15, 0.2) is 16.6 Å². The van der Waals surface area contributed by atoms with Crippen LogP contribution in [-0.2, 0) is 0 Å². The van der Waals surface area contributed by atoms with Crippen LogP contribution in [0.25, 0.3) is 10.9 Å². The molecule has 130 valence electrons. The molecular formula is C15H12BrF2N5O2. The number of hydrogen-bond donors (Lipinski definition) is 1. The lowest BCUT2D eigenvalue weighted by atomic mass is 10.1. The van der Waals surface area contributed by atoms with Crippen molar-refractivity contribution in [3.8, 4) is 6.07 Å². The predicted molar refractivity (Wildman–Crippen MR) is 88.1 cm³/mol. The van der Waals surface area contributed by atoms with Gasteiger partial charge in [0, 0.05) is 25.0 Å². The molecule has 1 aromatic carbocycles. The minimum absolute atomic E-state index is 0.00575. The minimum atomic E-state index is -1.12. The summed E-state index contributed by atoms with van der Waals surface area (Å²) in [6.45, 7) is 0.536. The average molecular weight is 412 g/mol. The van der Waals surface area contributed by atoms with Crippen molar-refractivity contribution >= 4 is 38.7 Å². The maximum absolute atomic E-state index is 14.2. The predicted octanol–water partition coefficient (Wildman–Crippen LogP) is 2.75. The van der Waals surface area contributed by atoms with Gasteiger partial charge >= 0.3 is 12.2 Å². The smallest absolute Gasteiger partial charge is 0.407 e. The van der Waals surface area contributed by atoms with Gasteiger partial charge < -0.3 is 14.9 Å². The van der Waals surface area contributed by atoms with Crippen LogP contribution in [0.2, 0.25) is 0 Å². The summed E-state index contributed by atoms with van der Waals surface area (Å²) in [4.78, 5) is 21.4. The summed E-state index contributed by atoms with van der Waals surface area (Å²) < 4.78 is 28.2. The fraction of sp³-hybridized carbons (Fsp3) is 0.333. The highest BCUT2D eigenvalue weighted by Gasteiger charge is 2.32. The largest absolute Gasteiger partial charge is 0.465 e. The number of halogens is 3. The van der Waals surface area contributed by atoms with Gasteiger partial charge in [0.15, 0.2) is 5.82 Å². The molecule has 10 heteroatoms. The fourth-order valence-electron chi connectivity index (χ4n) is 2.92. The molecule has 1 fully saturated rings. The molecule has 1 aromatic heterocycles. The SMILES string of the molecule is N#CC[C@H]1CN(c2nc(F)nc3c(F)c(Br)ccc23)CCN1C(=O)O. The summed E-state index contributed by atoms with van der Waals surface area (Å²) in [5.74, 6) is -0.514. The van der Waals surface area contributed by atoms with Crippen LogP contribution >= 0.6 is 15.9 Å². The van der Waals surface area contributed by atoms with Crippen LogP contribution in [0.5, 0.6) is 0 Å². The van der Waals surface area contributed by atoms with Crippen molar-refractivity contribution in [2.24, 2.45) is 0 Å². The van der Waals surface area contributed by atoms with E-state index in [-0.39, 0.29) is 41.9 Å². The van der Waals surface area contributed by atoms with E-state index < -0.39 is 24.0 Å². The first-order valence-corrected chi connectivity index (χ1v) is 8.14. The number of piperazine rings is 1. The van der Waals surface area contributed by atoms with Crippen LogP contribution in [0.3, 0.4) is 0 Å². The van der Waals surface area contributed by atoms with Gasteiger partial charge in [-0.25, -0.2) is 9.18 Å². The molecule has 7 nitrogen and oxygen atoms in total. The highest BCUT2D eigenvalue weighted by molar-refractivity contribution is 9.10. The van der Waals surface area contributed by atoms with Gasteiger partial charge in [0.05, 0.1) is 23.0 Å². The molecule has 1 aliphatic rings. The summed E-state index contributed by atoms with van der Waals surface area (Å²) >= 11 is 3.04. The molecule has 3 rings (SSSR count). The Morgan fingerprint density at radius 2 is 2.16 bits per heavy atom. The summed E-state index contributed by atoms with van der Waals surface area (Å²) in [5.41, 5.74) is -0.158. The van der Waals surface area contributed by atoms with E-state index in [4.69, 9.17) is 5.26 Å². The van der Waals surface area contributed by atoms with Gasteiger partial charge in [-0.05, 0) is 28.1 Å². The van der Waals surface area contributed by atoms with Crippen molar-refractivity contribution in [1.29, 1.82) is 5.26 Å². The molecule has 1 saturated heterocycles. The van der Waals surface area contributed by atoms with E-state index in [1.54, 1.807) is 11.0 Å². The number of anilines is 1. The molecule has 1 amide bonds. The Morgan fingerprint density at radius 1 is 1.40 bits per heavy atom. The van der Waals surface area contributed by atoms with Crippen molar-refractivity contribution in [3.05, 3.63) is 28.5 Å². The quantitative estimate of drug-likeness (QED) is 0.763. The van der Waals surface area contributed by atoms with Crippen LogP contribution < -0.4 is 4.90 Å². The topological polar surface area (TPSA) is 93.4 Å². The van der Waals surface area contributed by atoms with E-state index in [9.17, 15) is 18.7 Å². The van der Waals surface area contributed by atoms with Gasteiger partial charge in [-0.15, -0.1) is 0 Å². The first kappa shape index (κ1) is 17.3. The number of aromatic nitrogens is 2. The molecule has 0 saturated carbocycles. The van der Waals surface area contributed by atoms with Crippen LogP contribution in [0.1, 0.15) is 6.42 Å². The number of nitriles is 1. The number of rotatable bonds is 2. The third-order valence-corrected chi connectivity index (χ3v) is 4.68. The van der Waals surface area contributed by atoms with Gasteiger partial charge in [0.25, 0.3) is 0 Å². The van der Waals surface area contributed by atoms with E-state index in [1.165, 1.54) is 11.0 Å². The molecule has 1 aliphatic heterocycles. The second kappa shape index (κ2) is 6.76. The molecule has 2 heterocycles. The number of nitrogens with zero attached hydrogens (tertiary/aromatic N) is 5. The number of carbonyl (C=O) groups is 1. The van der Waals surface area contributed by atoms with Crippen molar-refractivity contribution < 1.29 is 18.7 Å². The van der Waals surface area contributed by atoms with Crippen LogP contribution in [0.4, 0.5) is 19.4 Å². The van der Waals surface area contributed by atoms with Gasteiger partial charge in [-0.1, -0.05) is 0 Å². The molecule has 1 atom stereocenters. The first-order chi connectivity index (χ1) is 11.9. The number of benzene rings is 1. The Kier molecular flexibility index (Phi) is 4.67. The lowest BCUT2D eigenvalue weighted by Gasteiger charge is -2.39. The highest BCUT2D eigenvalue weighted by atomic mass is 79.9. The Morgan fingerprint density at radius 3 is 2.84 bits per heavy atom. The van der Waals surface area contributed by atoms with Crippen LogP contribution in [0, 0.1) is 23.2 Å². The maximum atomic E-state index is 14.2. The third-order valence-electron chi connectivity index (χ3n) is 4.07. The van der Waals surface area contributed by atoms with Crippen molar-refractivity contribution in [2.45, 2.75) is 12.5 Å². The molecule has 0 unspecified atom stereocenters. The minimum Gasteiger partial charge on any atom is -0.465 e. The van der Waals surface area contributed by atoms with Crippen molar-refractivity contribution in [2.75, 3.05) is 24.5 Å². The molecule has 0 aliphatic carbocycles. The average Bonchev–Trinajstić information content (AvgIpc) is 2.58. The van der Waals surface area contributed by atoms with E-state index in [2.05, 4.69) is 25.9 Å².